The minimum Gasteiger partial charge on any atom is -0.495 e. The molecule has 1 fully saturated rings. The molecule has 0 atom stereocenters. The highest BCUT2D eigenvalue weighted by Crippen LogP contribution is 2.32. The van der Waals surface area contributed by atoms with Gasteiger partial charge < -0.3 is 20.3 Å². The van der Waals surface area contributed by atoms with E-state index in [1.807, 2.05) is 0 Å². The van der Waals surface area contributed by atoms with Gasteiger partial charge in [0.25, 0.3) is 10.0 Å². The number of halogens is 1. The summed E-state index contributed by atoms with van der Waals surface area (Å²) in [6, 6.07) is 11.8. The second-order valence-electron chi connectivity index (χ2n) is 6.92. The SMILES string of the molecule is COc1ccccc1NS(=O)(=O)c1ccc(N2CCN3CCC=C3C2)c(N)c1.Cl. The molecule has 29 heavy (non-hydrogen) atoms. The van der Waals surface area contributed by atoms with Gasteiger partial charge in [-0.3, -0.25) is 4.72 Å². The number of nitrogens with two attached hydrogens (primary N) is 1. The summed E-state index contributed by atoms with van der Waals surface area (Å²) in [6.45, 7) is 3.72. The van der Waals surface area contributed by atoms with Crippen molar-refractivity contribution in [2.45, 2.75) is 11.3 Å². The van der Waals surface area contributed by atoms with E-state index in [9.17, 15) is 8.42 Å². The topological polar surface area (TPSA) is 87.9 Å². The van der Waals surface area contributed by atoms with Crippen LogP contribution in [0.5, 0.6) is 5.75 Å². The van der Waals surface area contributed by atoms with Crippen LogP contribution < -0.4 is 20.1 Å². The van der Waals surface area contributed by atoms with Crippen LogP contribution in [-0.4, -0.2) is 46.6 Å². The Hall–Kier alpha value is -2.58. The summed E-state index contributed by atoms with van der Waals surface area (Å²) >= 11 is 0. The molecule has 2 aromatic rings. The number of fused-ring (bicyclic) bond motifs is 1. The maximum atomic E-state index is 12.8. The lowest BCUT2D eigenvalue weighted by Gasteiger charge is -2.37. The van der Waals surface area contributed by atoms with Crippen LogP contribution in [-0.2, 0) is 10.0 Å². The van der Waals surface area contributed by atoms with Crippen LogP contribution in [0.15, 0.2) is 59.1 Å². The third-order valence-electron chi connectivity index (χ3n) is 5.18. The lowest BCUT2D eigenvalue weighted by atomic mass is 10.2. The number of nitrogens with zero attached hydrogens (tertiary/aromatic N) is 2. The Balaban J connectivity index is 0.00000240. The number of hydrogen-bond acceptors (Lipinski definition) is 6. The number of nitrogen functional groups attached to an aromatic ring is 1. The van der Waals surface area contributed by atoms with Crippen molar-refractivity contribution in [3.05, 3.63) is 54.2 Å². The lowest BCUT2D eigenvalue weighted by molar-refractivity contribution is 0.348. The molecule has 1 saturated heterocycles. The molecule has 2 heterocycles. The van der Waals surface area contributed by atoms with Crippen molar-refractivity contribution in [3.63, 3.8) is 0 Å². The molecule has 2 aromatic carbocycles. The summed E-state index contributed by atoms with van der Waals surface area (Å²) < 4.78 is 33.4. The summed E-state index contributed by atoms with van der Waals surface area (Å²) in [7, 11) is -2.28. The molecule has 2 aliphatic rings. The van der Waals surface area contributed by atoms with Gasteiger partial charge in [0.1, 0.15) is 5.75 Å². The molecule has 0 spiro atoms. The van der Waals surface area contributed by atoms with Crippen molar-refractivity contribution >= 4 is 39.5 Å². The highest BCUT2D eigenvalue weighted by molar-refractivity contribution is 7.92. The van der Waals surface area contributed by atoms with E-state index >= 15 is 0 Å². The van der Waals surface area contributed by atoms with Crippen molar-refractivity contribution in [1.82, 2.24) is 4.90 Å². The number of rotatable bonds is 5. The number of hydrogen-bond donors (Lipinski definition) is 2. The number of piperazine rings is 1. The van der Waals surface area contributed by atoms with Crippen LogP contribution in [0.3, 0.4) is 0 Å². The zero-order chi connectivity index (χ0) is 19.7. The van der Waals surface area contributed by atoms with E-state index < -0.39 is 10.0 Å². The third kappa shape index (κ3) is 4.23. The molecule has 0 amide bonds. The Morgan fingerprint density at radius 3 is 2.59 bits per heavy atom. The largest absolute Gasteiger partial charge is 0.495 e. The Labute approximate surface area is 177 Å². The minimum absolute atomic E-state index is 0. The smallest absolute Gasteiger partial charge is 0.262 e. The van der Waals surface area contributed by atoms with Crippen LogP contribution in [0.4, 0.5) is 17.1 Å². The van der Waals surface area contributed by atoms with Gasteiger partial charge in [-0.25, -0.2) is 8.42 Å². The van der Waals surface area contributed by atoms with Gasteiger partial charge in [0.15, 0.2) is 0 Å². The molecule has 0 unspecified atom stereocenters. The molecule has 4 rings (SSSR count). The second kappa shape index (κ2) is 8.42. The summed E-state index contributed by atoms with van der Waals surface area (Å²) in [6.07, 6.45) is 3.35. The Kier molecular flexibility index (Phi) is 6.14. The van der Waals surface area contributed by atoms with Gasteiger partial charge >= 0.3 is 0 Å². The monoisotopic (exact) mass is 436 g/mol. The van der Waals surface area contributed by atoms with Gasteiger partial charge in [-0.1, -0.05) is 18.2 Å². The first kappa shape index (κ1) is 21.1. The van der Waals surface area contributed by atoms with Crippen molar-refractivity contribution in [2.24, 2.45) is 0 Å². The predicted octanol–water partition coefficient (Wildman–Crippen LogP) is 2.91. The van der Waals surface area contributed by atoms with E-state index in [0.29, 0.717) is 17.1 Å². The van der Waals surface area contributed by atoms with E-state index in [-0.39, 0.29) is 17.3 Å². The van der Waals surface area contributed by atoms with E-state index in [2.05, 4.69) is 20.6 Å². The first-order valence-corrected chi connectivity index (χ1v) is 10.7. The Morgan fingerprint density at radius 1 is 1.07 bits per heavy atom. The molecule has 0 saturated carbocycles. The van der Waals surface area contributed by atoms with E-state index in [0.717, 1.165) is 38.3 Å². The fourth-order valence-corrected chi connectivity index (χ4v) is 4.83. The average molecular weight is 437 g/mol. The summed E-state index contributed by atoms with van der Waals surface area (Å²) in [5.41, 5.74) is 9.27. The van der Waals surface area contributed by atoms with Crippen LogP contribution >= 0.6 is 12.4 Å². The third-order valence-corrected chi connectivity index (χ3v) is 6.54. The quantitative estimate of drug-likeness (QED) is 0.700. The lowest BCUT2D eigenvalue weighted by Crippen LogP contribution is -2.43. The fraction of sp³-hybridized carbons (Fsp3) is 0.300. The van der Waals surface area contributed by atoms with Gasteiger partial charge in [-0.15, -0.1) is 12.4 Å². The van der Waals surface area contributed by atoms with Gasteiger partial charge in [-0.05, 0) is 36.8 Å². The molecule has 9 heteroatoms. The molecule has 0 radical (unpaired) electrons. The molecular weight excluding hydrogens is 412 g/mol. The fourth-order valence-electron chi connectivity index (χ4n) is 3.72. The van der Waals surface area contributed by atoms with E-state index in [4.69, 9.17) is 10.5 Å². The first-order chi connectivity index (χ1) is 13.5. The number of ether oxygens (including phenoxy) is 1. The van der Waals surface area contributed by atoms with Crippen LogP contribution in [0.25, 0.3) is 0 Å². The van der Waals surface area contributed by atoms with E-state index in [1.165, 1.54) is 18.9 Å². The van der Waals surface area contributed by atoms with Gasteiger partial charge in [0.05, 0.1) is 35.6 Å². The molecule has 3 N–H and O–H groups in total. The van der Waals surface area contributed by atoms with Crippen LogP contribution in [0.1, 0.15) is 6.42 Å². The zero-order valence-corrected chi connectivity index (χ0v) is 17.8. The number of nitrogens with one attached hydrogen (secondary N) is 1. The Morgan fingerprint density at radius 2 is 1.83 bits per heavy atom. The first-order valence-electron chi connectivity index (χ1n) is 9.22. The number of anilines is 3. The highest BCUT2D eigenvalue weighted by Gasteiger charge is 2.25. The van der Waals surface area contributed by atoms with Gasteiger partial charge in [-0.2, -0.15) is 0 Å². The van der Waals surface area contributed by atoms with Crippen molar-refractivity contribution in [1.29, 1.82) is 0 Å². The van der Waals surface area contributed by atoms with Crippen LogP contribution in [0, 0.1) is 0 Å². The molecule has 2 aliphatic heterocycles. The zero-order valence-electron chi connectivity index (χ0n) is 16.2. The predicted molar refractivity (Wildman–Crippen MR) is 118 cm³/mol. The van der Waals surface area contributed by atoms with Crippen molar-refractivity contribution < 1.29 is 13.2 Å². The van der Waals surface area contributed by atoms with Gasteiger partial charge in [0.2, 0.25) is 0 Å². The standard InChI is InChI=1S/C20H24N4O3S.ClH/c1-27-20-7-3-2-6-18(20)22-28(25,26)16-8-9-19(17(21)13-16)24-12-11-23-10-4-5-15(23)14-24;/h2-3,5-9,13,22H,4,10-12,14,21H2,1H3;1H. The Bertz CT molecular complexity index is 1030. The second-order valence-corrected chi connectivity index (χ2v) is 8.60. The number of benzene rings is 2. The summed E-state index contributed by atoms with van der Waals surface area (Å²) in [5.74, 6) is 0.457. The van der Waals surface area contributed by atoms with Crippen molar-refractivity contribution in [3.8, 4) is 5.75 Å². The number of sulfonamides is 1. The number of para-hydroxylation sites is 2. The maximum Gasteiger partial charge on any atom is 0.262 e. The van der Waals surface area contributed by atoms with Crippen LogP contribution in [0.2, 0.25) is 0 Å². The maximum absolute atomic E-state index is 12.8. The average Bonchev–Trinajstić information content (AvgIpc) is 3.16. The van der Waals surface area contributed by atoms with Crippen molar-refractivity contribution in [2.75, 3.05) is 48.6 Å². The van der Waals surface area contributed by atoms with E-state index in [1.54, 1.807) is 36.4 Å². The summed E-state index contributed by atoms with van der Waals surface area (Å²) in [5, 5.41) is 0. The molecule has 7 nitrogen and oxygen atoms in total. The molecule has 0 aromatic heterocycles. The highest BCUT2D eigenvalue weighted by atomic mass is 35.5. The minimum atomic E-state index is -3.78. The normalized spacial score (nSPS) is 16.0. The molecule has 156 valence electrons. The molecule has 0 aliphatic carbocycles. The van der Waals surface area contributed by atoms with Gasteiger partial charge in [0, 0.05) is 25.3 Å². The summed E-state index contributed by atoms with van der Waals surface area (Å²) in [4.78, 5) is 4.72. The molecular formula is C20H25ClN4O3S. The molecule has 0 bridgehead atoms. The number of methoxy groups -OCH3 is 1.